The first kappa shape index (κ1) is 18.1. The molecule has 6 nitrogen and oxygen atoms in total. The minimum atomic E-state index is -3.55. The number of aliphatic imine (C=N–C) groups is 1. The zero-order valence-corrected chi connectivity index (χ0v) is 16.3. The van der Waals surface area contributed by atoms with E-state index in [9.17, 15) is 8.42 Å². The zero-order chi connectivity index (χ0) is 19.0. The number of hydrogen-bond acceptors (Lipinski definition) is 5. The van der Waals surface area contributed by atoms with Gasteiger partial charge in [0.2, 0.25) is 15.9 Å². The van der Waals surface area contributed by atoms with Crippen LogP contribution in [0.3, 0.4) is 0 Å². The second-order valence-electron chi connectivity index (χ2n) is 7.24. The molecule has 3 atom stereocenters. The van der Waals surface area contributed by atoms with Crippen LogP contribution < -0.4 is 0 Å². The standard InChI is InChI=1S/C20H23N3O3S/c1-14-6-8-16(9-7-14)27(24,25)23-12-10-15(2)19-18(13-23)22-20(26-19)17-5-3-4-11-21-17/h3-9,11,15,18-19H,10,12-13H2,1-2H3. The highest BCUT2D eigenvalue weighted by Crippen LogP contribution is 2.31. The van der Waals surface area contributed by atoms with E-state index in [0.29, 0.717) is 29.6 Å². The number of pyridine rings is 1. The summed E-state index contributed by atoms with van der Waals surface area (Å²) < 4.78 is 33.9. The van der Waals surface area contributed by atoms with Gasteiger partial charge in [-0.1, -0.05) is 30.7 Å². The summed E-state index contributed by atoms with van der Waals surface area (Å²) in [7, 11) is -3.55. The molecule has 2 aromatic rings. The molecule has 1 aromatic heterocycles. The van der Waals surface area contributed by atoms with Gasteiger partial charge in [-0.2, -0.15) is 4.31 Å². The molecule has 7 heteroatoms. The lowest BCUT2D eigenvalue weighted by atomic mass is 9.97. The van der Waals surface area contributed by atoms with Crippen LogP contribution in [-0.2, 0) is 14.8 Å². The van der Waals surface area contributed by atoms with Gasteiger partial charge in [0.05, 0.1) is 4.90 Å². The first-order valence-corrected chi connectivity index (χ1v) is 10.6. The fourth-order valence-corrected chi connectivity index (χ4v) is 5.08. The third-order valence-corrected chi connectivity index (χ3v) is 7.12. The zero-order valence-electron chi connectivity index (χ0n) is 15.4. The van der Waals surface area contributed by atoms with Crippen molar-refractivity contribution in [2.24, 2.45) is 10.9 Å². The van der Waals surface area contributed by atoms with Crippen LogP contribution in [0.5, 0.6) is 0 Å². The van der Waals surface area contributed by atoms with Gasteiger partial charge in [0, 0.05) is 19.3 Å². The van der Waals surface area contributed by atoms with E-state index >= 15 is 0 Å². The van der Waals surface area contributed by atoms with Crippen molar-refractivity contribution in [1.82, 2.24) is 9.29 Å². The van der Waals surface area contributed by atoms with E-state index in [1.165, 1.54) is 0 Å². The van der Waals surface area contributed by atoms with Gasteiger partial charge in [-0.05, 0) is 43.5 Å². The molecule has 2 aliphatic heterocycles. The molecule has 0 radical (unpaired) electrons. The molecule has 0 aliphatic carbocycles. The molecule has 3 unspecified atom stereocenters. The first-order valence-electron chi connectivity index (χ1n) is 9.18. The number of sulfonamides is 1. The number of benzene rings is 1. The molecule has 1 aromatic carbocycles. The Hall–Kier alpha value is -2.25. The van der Waals surface area contributed by atoms with Gasteiger partial charge in [0.1, 0.15) is 17.8 Å². The van der Waals surface area contributed by atoms with E-state index in [4.69, 9.17) is 4.74 Å². The van der Waals surface area contributed by atoms with E-state index in [1.54, 1.807) is 22.6 Å². The molecular weight excluding hydrogens is 362 g/mol. The maximum absolute atomic E-state index is 13.1. The lowest BCUT2D eigenvalue weighted by molar-refractivity contribution is 0.137. The molecule has 1 fully saturated rings. The summed E-state index contributed by atoms with van der Waals surface area (Å²) in [6, 6.07) is 12.4. The maximum Gasteiger partial charge on any atom is 0.243 e. The average molecular weight is 385 g/mol. The molecule has 1 saturated heterocycles. The van der Waals surface area contributed by atoms with Crippen molar-refractivity contribution in [1.29, 1.82) is 0 Å². The van der Waals surface area contributed by atoms with Crippen LogP contribution in [0.2, 0.25) is 0 Å². The summed E-state index contributed by atoms with van der Waals surface area (Å²) in [5, 5.41) is 0. The summed E-state index contributed by atoms with van der Waals surface area (Å²) in [6.45, 7) is 4.83. The number of nitrogens with zero attached hydrogens (tertiary/aromatic N) is 3. The highest BCUT2D eigenvalue weighted by atomic mass is 32.2. The van der Waals surface area contributed by atoms with Crippen LogP contribution in [0.1, 0.15) is 24.6 Å². The molecule has 142 valence electrons. The van der Waals surface area contributed by atoms with Crippen LogP contribution >= 0.6 is 0 Å². The molecule has 0 bridgehead atoms. The molecule has 0 spiro atoms. The van der Waals surface area contributed by atoms with Gasteiger partial charge in [-0.15, -0.1) is 0 Å². The highest BCUT2D eigenvalue weighted by molar-refractivity contribution is 7.89. The van der Waals surface area contributed by atoms with Crippen molar-refractivity contribution in [3.05, 3.63) is 59.9 Å². The smallest absolute Gasteiger partial charge is 0.243 e. The normalized spacial score (nSPS) is 26.0. The minimum absolute atomic E-state index is 0.125. The second kappa shape index (κ2) is 7.05. The number of ether oxygens (including phenoxy) is 1. The first-order chi connectivity index (χ1) is 12.9. The summed E-state index contributed by atoms with van der Waals surface area (Å²) >= 11 is 0. The highest BCUT2D eigenvalue weighted by Gasteiger charge is 2.42. The van der Waals surface area contributed by atoms with E-state index < -0.39 is 10.0 Å². The van der Waals surface area contributed by atoms with Crippen LogP contribution in [-0.4, -0.2) is 48.8 Å². The second-order valence-corrected chi connectivity index (χ2v) is 9.18. The largest absolute Gasteiger partial charge is 0.470 e. The molecule has 0 saturated carbocycles. The number of fused-ring (bicyclic) bond motifs is 1. The van der Waals surface area contributed by atoms with Crippen LogP contribution in [0, 0.1) is 12.8 Å². The fraction of sp³-hybridized carbons (Fsp3) is 0.400. The predicted molar refractivity (Wildman–Crippen MR) is 103 cm³/mol. The lowest BCUT2D eigenvalue weighted by Gasteiger charge is -2.22. The Labute approximate surface area is 160 Å². The Balaban J connectivity index is 1.62. The molecule has 3 heterocycles. The Morgan fingerprint density at radius 3 is 2.63 bits per heavy atom. The Morgan fingerprint density at radius 2 is 1.93 bits per heavy atom. The van der Waals surface area contributed by atoms with E-state index in [2.05, 4.69) is 16.9 Å². The number of rotatable bonds is 3. The summed E-state index contributed by atoms with van der Waals surface area (Å²) in [6.07, 6.45) is 2.31. The molecule has 2 aliphatic rings. The van der Waals surface area contributed by atoms with E-state index in [0.717, 1.165) is 12.0 Å². The summed E-state index contributed by atoms with van der Waals surface area (Å²) in [5.41, 5.74) is 1.72. The number of hydrogen-bond donors (Lipinski definition) is 0. The number of aromatic nitrogens is 1. The topological polar surface area (TPSA) is 71.9 Å². The van der Waals surface area contributed by atoms with Gasteiger partial charge < -0.3 is 4.74 Å². The Kier molecular flexibility index (Phi) is 4.74. The number of aryl methyl sites for hydroxylation is 1. The lowest BCUT2D eigenvalue weighted by Crippen LogP contribution is -2.38. The molecular formula is C20H23N3O3S. The van der Waals surface area contributed by atoms with Crippen molar-refractivity contribution >= 4 is 15.9 Å². The van der Waals surface area contributed by atoms with Crippen molar-refractivity contribution in [3.8, 4) is 0 Å². The summed E-state index contributed by atoms with van der Waals surface area (Å²) in [5.74, 6) is 0.713. The van der Waals surface area contributed by atoms with Crippen molar-refractivity contribution in [3.63, 3.8) is 0 Å². The molecule has 4 rings (SSSR count). The van der Waals surface area contributed by atoms with Crippen molar-refractivity contribution < 1.29 is 13.2 Å². The molecule has 27 heavy (non-hydrogen) atoms. The van der Waals surface area contributed by atoms with Crippen LogP contribution in [0.25, 0.3) is 0 Å². The Morgan fingerprint density at radius 1 is 1.15 bits per heavy atom. The maximum atomic E-state index is 13.1. The average Bonchev–Trinajstić information content (AvgIpc) is 3.03. The van der Waals surface area contributed by atoms with Gasteiger partial charge in [0.25, 0.3) is 0 Å². The van der Waals surface area contributed by atoms with E-state index in [1.807, 2.05) is 37.3 Å². The monoisotopic (exact) mass is 385 g/mol. The Bertz CT molecular complexity index is 942. The third-order valence-electron chi connectivity index (χ3n) is 5.24. The van der Waals surface area contributed by atoms with Crippen LogP contribution in [0.4, 0.5) is 0 Å². The van der Waals surface area contributed by atoms with Crippen LogP contribution in [0.15, 0.2) is 58.5 Å². The fourth-order valence-electron chi connectivity index (χ4n) is 3.61. The van der Waals surface area contributed by atoms with E-state index in [-0.39, 0.29) is 18.1 Å². The predicted octanol–water partition coefficient (Wildman–Crippen LogP) is 2.63. The quantitative estimate of drug-likeness (QED) is 0.814. The van der Waals surface area contributed by atoms with Gasteiger partial charge >= 0.3 is 0 Å². The van der Waals surface area contributed by atoms with Gasteiger partial charge in [-0.3, -0.25) is 4.98 Å². The van der Waals surface area contributed by atoms with Gasteiger partial charge in [-0.25, -0.2) is 13.4 Å². The molecule has 0 N–H and O–H groups in total. The van der Waals surface area contributed by atoms with Gasteiger partial charge in [0.15, 0.2) is 0 Å². The minimum Gasteiger partial charge on any atom is -0.470 e. The van der Waals surface area contributed by atoms with Crippen molar-refractivity contribution in [2.45, 2.75) is 37.3 Å². The van der Waals surface area contributed by atoms with Crippen molar-refractivity contribution in [2.75, 3.05) is 13.1 Å². The summed E-state index contributed by atoms with van der Waals surface area (Å²) in [4.78, 5) is 9.32. The molecule has 0 amide bonds. The SMILES string of the molecule is Cc1ccc(S(=O)(=O)N2CCC(C)C3OC(c4ccccn4)=NC3C2)cc1. The third kappa shape index (κ3) is 3.49.